The topological polar surface area (TPSA) is 61.7 Å². The Bertz CT molecular complexity index is 904. The number of phenolic OH excluding ortho intramolecular Hbond substituents is 1. The summed E-state index contributed by atoms with van der Waals surface area (Å²) in [6.45, 7) is 0. The fourth-order valence-corrected chi connectivity index (χ4v) is 6.16. The van der Waals surface area contributed by atoms with Gasteiger partial charge >= 0.3 is 0 Å². The Kier molecular flexibility index (Phi) is 3.96. The maximum atomic E-state index is 13.1. The van der Waals surface area contributed by atoms with Gasteiger partial charge in [0.1, 0.15) is 5.75 Å². The molecule has 140 valence electrons. The zero-order chi connectivity index (χ0) is 18.4. The molecule has 2 N–H and O–H groups in total. The first kappa shape index (κ1) is 16.8. The van der Waals surface area contributed by atoms with Crippen molar-refractivity contribution < 1.29 is 9.90 Å². The number of phenols is 1. The number of hydrazone groups is 1. The van der Waals surface area contributed by atoms with Crippen molar-refractivity contribution in [2.45, 2.75) is 44.9 Å². The van der Waals surface area contributed by atoms with Crippen molar-refractivity contribution in [3.05, 3.63) is 42.0 Å². The number of carbonyl (C=O) groups excluding carboxylic acids is 1. The predicted octanol–water partition coefficient (Wildman–Crippen LogP) is 4.60. The van der Waals surface area contributed by atoms with Crippen molar-refractivity contribution >= 4 is 22.9 Å². The average molecular weight is 362 g/mol. The van der Waals surface area contributed by atoms with E-state index in [1.807, 2.05) is 30.3 Å². The average Bonchev–Trinajstić information content (AvgIpc) is 2.89. The third-order valence-electron chi connectivity index (χ3n) is 7.14. The van der Waals surface area contributed by atoms with Gasteiger partial charge < -0.3 is 5.11 Å². The summed E-state index contributed by atoms with van der Waals surface area (Å²) in [7, 11) is 0. The number of aromatic hydroxyl groups is 1. The summed E-state index contributed by atoms with van der Waals surface area (Å²) in [5.74, 6) is 2.42. The van der Waals surface area contributed by atoms with Crippen molar-refractivity contribution in [2.75, 3.05) is 0 Å². The minimum atomic E-state index is -0.217. The normalized spacial score (nSPS) is 32.1. The van der Waals surface area contributed by atoms with Crippen LogP contribution in [0.5, 0.6) is 5.75 Å². The van der Waals surface area contributed by atoms with E-state index in [-0.39, 0.29) is 17.1 Å². The molecule has 0 radical (unpaired) electrons. The molecule has 6 rings (SSSR count). The summed E-state index contributed by atoms with van der Waals surface area (Å²) in [5.41, 5.74) is 3.26. The van der Waals surface area contributed by atoms with E-state index in [4.69, 9.17) is 0 Å². The van der Waals surface area contributed by atoms with Crippen LogP contribution in [-0.4, -0.2) is 17.2 Å². The van der Waals surface area contributed by atoms with Gasteiger partial charge in [0.25, 0.3) is 0 Å². The molecule has 4 heteroatoms. The molecule has 4 aliphatic rings. The summed E-state index contributed by atoms with van der Waals surface area (Å²) in [5, 5.41) is 16.5. The monoisotopic (exact) mass is 362 g/mol. The van der Waals surface area contributed by atoms with Crippen LogP contribution < -0.4 is 5.43 Å². The predicted molar refractivity (Wildman–Crippen MR) is 107 cm³/mol. The number of benzene rings is 2. The third-order valence-corrected chi connectivity index (χ3v) is 7.14. The smallest absolute Gasteiger partial charge is 0.246 e. The van der Waals surface area contributed by atoms with Crippen LogP contribution >= 0.6 is 0 Å². The quantitative estimate of drug-likeness (QED) is 0.619. The summed E-state index contributed by atoms with van der Waals surface area (Å²) in [6, 6.07) is 11.4. The van der Waals surface area contributed by atoms with E-state index in [0.717, 1.165) is 36.0 Å². The molecular formula is C23H26N2O2. The minimum Gasteiger partial charge on any atom is -0.507 e. The molecule has 0 spiro atoms. The van der Waals surface area contributed by atoms with Gasteiger partial charge in [0.2, 0.25) is 5.91 Å². The van der Waals surface area contributed by atoms with E-state index < -0.39 is 0 Å². The van der Waals surface area contributed by atoms with E-state index in [1.54, 1.807) is 12.3 Å². The molecule has 4 fully saturated rings. The van der Waals surface area contributed by atoms with Gasteiger partial charge in [-0.25, -0.2) is 5.43 Å². The number of rotatable bonds is 3. The molecule has 4 atom stereocenters. The Morgan fingerprint density at radius 3 is 2.52 bits per heavy atom. The largest absolute Gasteiger partial charge is 0.507 e. The first-order valence-electron chi connectivity index (χ1n) is 10.2. The second-order valence-electron chi connectivity index (χ2n) is 8.96. The lowest BCUT2D eigenvalue weighted by molar-refractivity contribution is -0.138. The third kappa shape index (κ3) is 2.91. The molecule has 0 aliphatic heterocycles. The highest BCUT2D eigenvalue weighted by atomic mass is 16.3. The number of hydrogen-bond acceptors (Lipinski definition) is 3. The highest BCUT2D eigenvalue weighted by Crippen LogP contribution is 2.57. The zero-order valence-electron chi connectivity index (χ0n) is 15.5. The van der Waals surface area contributed by atoms with Crippen molar-refractivity contribution in [1.82, 2.24) is 5.43 Å². The molecule has 2 unspecified atom stereocenters. The number of hydrogen-bond donors (Lipinski definition) is 2. The van der Waals surface area contributed by atoms with E-state index in [2.05, 4.69) is 10.5 Å². The van der Waals surface area contributed by atoms with Gasteiger partial charge in [0.05, 0.1) is 11.6 Å². The van der Waals surface area contributed by atoms with Crippen LogP contribution in [0.25, 0.3) is 10.8 Å². The molecule has 0 heterocycles. The van der Waals surface area contributed by atoms with Crippen molar-refractivity contribution in [2.24, 2.45) is 28.3 Å². The van der Waals surface area contributed by atoms with Crippen LogP contribution in [0.3, 0.4) is 0 Å². The highest BCUT2D eigenvalue weighted by Gasteiger charge is 2.52. The van der Waals surface area contributed by atoms with Gasteiger partial charge in [0, 0.05) is 5.56 Å². The number of nitrogens with one attached hydrogen (secondary N) is 1. The zero-order valence-corrected chi connectivity index (χ0v) is 15.5. The second kappa shape index (κ2) is 6.36. The Morgan fingerprint density at radius 2 is 1.74 bits per heavy atom. The maximum absolute atomic E-state index is 13.1. The molecule has 4 saturated carbocycles. The lowest BCUT2D eigenvalue weighted by Crippen LogP contribution is -2.47. The lowest BCUT2D eigenvalue weighted by atomic mass is 9.58. The molecular weight excluding hydrogens is 336 g/mol. The van der Waals surface area contributed by atoms with Crippen LogP contribution in [0.4, 0.5) is 0 Å². The Balaban J connectivity index is 1.38. The SMILES string of the molecule is O=C(N/N=C/c1c(O)ccc2ccccc12)C12CC3C[C@@H](CC[C@@H](C3)C1)C2. The summed E-state index contributed by atoms with van der Waals surface area (Å²) in [4.78, 5) is 13.1. The second-order valence-corrected chi connectivity index (χ2v) is 8.96. The molecule has 4 nitrogen and oxygen atoms in total. The molecule has 0 aromatic heterocycles. The van der Waals surface area contributed by atoms with Crippen molar-refractivity contribution in [3.8, 4) is 5.75 Å². The Labute approximate surface area is 159 Å². The van der Waals surface area contributed by atoms with Crippen molar-refractivity contribution in [3.63, 3.8) is 0 Å². The van der Waals surface area contributed by atoms with Gasteiger partial charge in [-0.15, -0.1) is 0 Å². The van der Waals surface area contributed by atoms with Gasteiger partial charge in [-0.3, -0.25) is 4.79 Å². The molecule has 0 saturated heterocycles. The van der Waals surface area contributed by atoms with Gasteiger partial charge in [0.15, 0.2) is 0 Å². The minimum absolute atomic E-state index is 0.0831. The Hall–Kier alpha value is -2.36. The van der Waals surface area contributed by atoms with E-state index in [1.165, 1.54) is 25.7 Å². The summed E-state index contributed by atoms with van der Waals surface area (Å²) < 4.78 is 0. The molecule has 27 heavy (non-hydrogen) atoms. The summed E-state index contributed by atoms with van der Waals surface area (Å²) >= 11 is 0. The van der Waals surface area contributed by atoms with Crippen LogP contribution in [0.1, 0.15) is 50.5 Å². The van der Waals surface area contributed by atoms with Gasteiger partial charge in [-0.1, -0.05) is 43.2 Å². The number of nitrogens with zero attached hydrogens (tertiary/aromatic N) is 1. The van der Waals surface area contributed by atoms with E-state index in [0.29, 0.717) is 17.4 Å². The summed E-state index contributed by atoms with van der Waals surface area (Å²) in [6.07, 6.45) is 9.90. The van der Waals surface area contributed by atoms with Crippen LogP contribution in [0.15, 0.2) is 41.5 Å². The molecule has 4 aliphatic carbocycles. The van der Waals surface area contributed by atoms with Crippen LogP contribution in [-0.2, 0) is 4.79 Å². The fraction of sp³-hybridized carbons (Fsp3) is 0.478. The Morgan fingerprint density at radius 1 is 1.04 bits per heavy atom. The molecule has 2 aromatic carbocycles. The van der Waals surface area contributed by atoms with Crippen LogP contribution in [0, 0.1) is 23.2 Å². The standard InChI is InChI=1S/C23H26N2O2/c26-21-8-7-18-3-1-2-4-19(18)20(21)14-24-25-22(27)23-11-15-5-6-16(12-23)10-17(9-15)13-23/h1-4,7-8,14-17,26H,5-6,9-13H2,(H,25,27)/b24-14+/t15-,16+,17?,23?. The first-order chi connectivity index (χ1) is 13.1. The van der Waals surface area contributed by atoms with Gasteiger partial charge in [-0.05, 0) is 66.7 Å². The van der Waals surface area contributed by atoms with E-state index >= 15 is 0 Å². The highest BCUT2D eigenvalue weighted by molar-refractivity contribution is 6.02. The molecule has 4 bridgehead atoms. The lowest BCUT2D eigenvalue weighted by Gasteiger charge is -2.46. The van der Waals surface area contributed by atoms with Gasteiger partial charge in [-0.2, -0.15) is 5.10 Å². The number of amides is 1. The number of carbonyl (C=O) groups is 1. The molecule has 1 amide bonds. The number of fused-ring (bicyclic) bond motifs is 2. The first-order valence-corrected chi connectivity index (χ1v) is 10.2. The maximum Gasteiger partial charge on any atom is 0.246 e. The van der Waals surface area contributed by atoms with E-state index in [9.17, 15) is 9.90 Å². The molecule has 2 aromatic rings. The van der Waals surface area contributed by atoms with Crippen molar-refractivity contribution in [1.29, 1.82) is 0 Å². The van der Waals surface area contributed by atoms with Crippen LogP contribution in [0.2, 0.25) is 0 Å². The fourth-order valence-electron chi connectivity index (χ4n) is 6.16.